The van der Waals surface area contributed by atoms with Crippen LogP contribution in [0.15, 0.2) is 390 Å². The van der Waals surface area contributed by atoms with Crippen LogP contribution in [0.4, 0.5) is 0 Å². The van der Waals surface area contributed by atoms with Gasteiger partial charge in [0.2, 0.25) is 0 Å². The standard InChI is InChI=1S/C110H60N6O6/c1-3-18-61(19-4-1)63-36-41-66(42-37-63)105-111-107(72-49-51-77-75-22-7-11-30-89(75)118-96(77)59-72)115-110(114-105)88-58-73(60-97-99(88)79-24-9-13-32-91(79)119-97)84-56-71-47-46-69(55-86(71)104-101(84)80-25-10-14-33-92(80)121-104)68-45-40-65-48-52-81-98-74(26-16-35-95(98)122-103(81)85(65)54-68)70-50-53-93-87(57-70)100-82(28-17-34-94(100)117-93)108-112-106(67-43-38-64(39-44-67)62-20-5-2-6-21-62)113-109(116-108)83-29-15-27-78-76-23-8-12-31-90(76)120-102(78)83/h1-60H. The minimum atomic E-state index is 0.491. The number of hydrogen-bond donors (Lipinski definition) is 0. The predicted molar refractivity (Wildman–Crippen MR) is 492 cm³/mol. The molecule has 8 heterocycles. The third kappa shape index (κ3) is 10.7. The van der Waals surface area contributed by atoms with E-state index in [0.717, 1.165) is 225 Å². The van der Waals surface area contributed by atoms with Crippen molar-refractivity contribution in [3.8, 4) is 124 Å². The quantitative estimate of drug-likeness (QED) is 0.121. The molecule has 122 heavy (non-hydrogen) atoms. The van der Waals surface area contributed by atoms with Crippen molar-refractivity contribution >= 4 is 153 Å². The Labute approximate surface area is 693 Å². The van der Waals surface area contributed by atoms with Gasteiger partial charge in [0.25, 0.3) is 0 Å². The molecular weight excluding hydrogens is 1500 g/mol. The zero-order valence-electron chi connectivity index (χ0n) is 64.8. The highest BCUT2D eigenvalue weighted by Crippen LogP contribution is 2.50. The largest absolute Gasteiger partial charge is 0.456 e. The van der Waals surface area contributed by atoms with Crippen molar-refractivity contribution in [2.45, 2.75) is 0 Å². The van der Waals surface area contributed by atoms with Crippen LogP contribution in [0.2, 0.25) is 0 Å². The van der Waals surface area contributed by atoms with Crippen LogP contribution in [0, 0.1) is 0 Å². The van der Waals surface area contributed by atoms with Gasteiger partial charge >= 0.3 is 0 Å². The molecule has 0 saturated carbocycles. The molecule has 0 N–H and O–H groups in total. The van der Waals surface area contributed by atoms with E-state index in [-0.39, 0.29) is 0 Å². The fourth-order valence-corrected chi connectivity index (χ4v) is 18.6. The van der Waals surface area contributed by atoms with E-state index in [2.05, 4.69) is 261 Å². The second-order valence-electron chi connectivity index (χ2n) is 31.4. The summed E-state index contributed by atoms with van der Waals surface area (Å²) in [5, 5.41) is 15.7. The molecule has 26 rings (SSSR count). The summed E-state index contributed by atoms with van der Waals surface area (Å²) < 4.78 is 41.1. The molecule has 0 radical (unpaired) electrons. The van der Waals surface area contributed by atoms with Gasteiger partial charge in [-0.05, 0) is 170 Å². The van der Waals surface area contributed by atoms with Crippen molar-refractivity contribution in [3.05, 3.63) is 364 Å². The molecule has 0 saturated heterocycles. The van der Waals surface area contributed by atoms with Gasteiger partial charge in [-0.15, -0.1) is 0 Å². The van der Waals surface area contributed by atoms with Gasteiger partial charge in [-0.3, -0.25) is 0 Å². The summed E-state index contributed by atoms with van der Waals surface area (Å²) in [6, 6.07) is 126. The normalized spacial score (nSPS) is 12.1. The first-order chi connectivity index (χ1) is 60.4. The van der Waals surface area contributed by atoms with E-state index in [4.69, 9.17) is 56.4 Å². The summed E-state index contributed by atoms with van der Waals surface area (Å²) >= 11 is 0. The molecule has 0 fully saturated rings. The topological polar surface area (TPSA) is 156 Å². The van der Waals surface area contributed by atoms with E-state index < -0.39 is 0 Å². The maximum Gasteiger partial charge on any atom is 0.167 e. The Balaban J connectivity index is 0.592. The molecule has 566 valence electrons. The fourth-order valence-electron chi connectivity index (χ4n) is 18.6. The zero-order chi connectivity index (χ0) is 79.8. The smallest absolute Gasteiger partial charge is 0.167 e. The highest BCUT2D eigenvalue weighted by Gasteiger charge is 2.27. The Kier molecular flexibility index (Phi) is 14.6. The molecule has 0 aliphatic carbocycles. The van der Waals surface area contributed by atoms with Gasteiger partial charge in [-0.25, -0.2) is 29.9 Å². The van der Waals surface area contributed by atoms with E-state index >= 15 is 0 Å². The van der Waals surface area contributed by atoms with Gasteiger partial charge in [0, 0.05) is 103 Å². The van der Waals surface area contributed by atoms with Gasteiger partial charge < -0.3 is 26.5 Å². The number of nitrogens with zero attached hydrogens (tertiary/aromatic N) is 6. The highest BCUT2D eigenvalue weighted by atomic mass is 16.3. The van der Waals surface area contributed by atoms with Gasteiger partial charge in [0.15, 0.2) is 34.9 Å². The Morgan fingerprint density at radius 3 is 1.24 bits per heavy atom. The lowest BCUT2D eigenvalue weighted by molar-refractivity contribution is 0.668. The van der Waals surface area contributed by atoms with Crippen LogP contribution >= 0.6 is 0 Å². The molecule has 18 aromatic carbocycles. The molecule has 0 atom stereocenters. The van der Waals surface area contributed by atoms with E-state index in [1.54, 1.807) is 0 Å². The second kappa shape index (κ2) is 26.4. The maximum absolute atomic E-state index is 7.14. The molecule has 0 unspecified atom stereocenters. The minimum Gasteiger partial charge on any atom is -0.456 e. The average Bonchev–Trinajstić information content (AvgIpc) is 1.40. The molecule has 12 heteroatoms. The first-order valence-corrected chi connectivity index (χ1v) is 40.7. The first-order valence-electron chi connectivity index (χ1n) is 40.7. The molecule has 26 aromatic rings. The van der Waals surface area contributed by atoms with Crippen molar-refractivity contribution in [3.63, 3.8) is 0 Å². The summed E-state index contributed by atoms with van der Waals surface area (Å²) in [5.41, 5.74) is 24.3. The Morgan fingerprint density at radius 1 is 0.139 bits per heavy atom. The SMILES string of the molecule is c1ccc(-c2ccc(-c3nc(-c4ccc5c(c4)oc4ccccc45)nc(-c4cc(-c5cc6ccc(-c7ccc8ccc9c(oc%10cccc(-c%11ccc%12oc%13cccc(-c%14nc(-c%15ccc(-c%16ccccc%16)cc%15)nc(-c%15cccc%16c%15oc%15ccccc%15%16)n%14)c%13c%12c%11)c%109)c8c7)cc6c6oc7ccccc7c56)cc5oc6ccccc6c45)n3)cc2)cc1. The number of fused-ring (bicyclic) bond motifs is 22. The molecule has 0 bridgehead atoms. The van der Waals surface area contributed by atoms with Crippen LogP contribution in [-0.2, 0) is 0 Å². The van der Waals surface area contributed by atoms with Crippen molar-refractivity contribution in [2.75, 3.05) is 0 Å². The average molecular weight is 1560 g/mol. The molecule has 0 aliphatic rings. The van der Waals surface area contributed by atoms with Gasteiger partial charge in [0.1, 0.15) is 67.0 Å². The number of para-hydroxylation sites is 5. The first kappa shape index (κ1) is 67.5. The minimum absolute atomic E-state index is 0.491. The molecular formula is C110H60N6O6. The van der Waals surface area contributed by atoms with Crippen molar-refractivity contribution in [1.82, 2.24) is 29.9 Å². The van der Waals surface area contributed by atoms with Crippen molar-refractivity contribution < 1.29 is 26.5 Å². The highest BCUT2D eigenvalue weighted by molar-refractivity contribution is 6.25. The Bertz CT molecular complexity index is 8900. The third-order valence-corrected chi connectivity index (χ3v) is 24.4. The van der Waals surface area contributed by atoms with Crippen LogP contribution in [-0.4, -0.2) is 29.9 Å². The number of hydrogen-bond acceptors (Lipinski definition) is 12. The predicted octanol–water partition coefficient (Wildman–Crippen LogP) is 30.1. The van der Waals surface area contributed by atoms with Crippen LogP contribution in [0.5, 0.6) is 0 Å². The lowest BCUT2D eigenvalue weighted by atomic mass is 9.91. The molecule has 0 aliphatic heterocycles. The van der Waals surface area contributed by atoms with Gasteiger partial charge in [0.05, 0.1) is 5.56 Å². The second-order valence-corrected chi connectivity index (χ2v) is 31.4. The van der Waals surface area contributed by atoms with Crippen LogP contribution in [0.25, 0.3) is 277 Å². The summed E-state index contributed by atoms with van der Waals surface area (Å²) in [6.07, 6.45) is 0. The molecule has 12 nitrogen and oxygen atoms in total. The van der Waals surface area contributed by atoms with Gasteiger partial charge in [-0.2, -0.15) is 0 Å². The van der Waals surface area contributed by atoms with Crippen molar-refractivity contribution in [1.29, 1.82) is 0 Å². The van der Waals surface area contributed by atoms with E-state index in [1.807, 2.05) is 103 Å². The van der Waals surface area contributed by atoms with E-state index in [9.17, 15) is 0 Å². The number of benzene rings is 18. The lowest BCUT2D eigenvalue weighted by Crippen LogP contribution is -2.01. The lowest BCUT2D eigenvalue weighted by Gasteiger charge is -2.13. The van der Waals surface area contributed by atoms with Crippen LogP contribution in [0.3, 0.4) is 0 Å². The monoisotopic (exact) mass is 1560 g/mol. The van der Waals surface area contributed by atoms with E-state index in [1.165, 1.54) is 0 Å². The van der Waals surface area contributed by atoms with Gasteiger partial charge in [-0.1, -0.05) is 261 Å². The number of rotatable bonds is 11. The molecule has 0 amide bonds. The van der Waals surface area contributed by atoms with Crippen LogP contribution < -0.4 is 0 Å². The number of aromatic nitrogens is 6. The third-order valence-electron chi connectivity index (χ3n) is 24.4. The Hall–Kier alpha value is -16.7. The summed E-state index contributed by atoms with van der Waals surface area (Å²) in [6.45, 7) is 0. The summed E-state index contributed by atoms with van der Waals surface area (Å²) in [4.78, 5) is 32.2. The Morgan fingerprint density at radius 2 is 0.533 bits per heavy atom. The number of furan rings is 6. The van der Waals surface area contributed by atoms with E-state index in [0.29, 0.717) is 51.7 Å². The van der Waals surface area contributed by atoms with Crippen LogP contribution in [0.1, 0.15) is 0 Å². The van der Waals surface area contributed by atoms with Crippen molar-refractivity contribution in [2.24, 2.45) is 0 Å². The zero-order valence-corrected chi connectivity index (χ0v) is 64.8. The summed E-state index contributed by atoms with van der Waals surface area (Å²) in [5.74, 6) is 3.05. The fraction of sp³-hybridized carbons (Fsp3) is 0. The molecule has 8 aromatic heterocycles. The summed E-state index contributed by atoms with van der Waals surface area (Å²) in [7, 11) is 0. The maximum atomic E-state index is 7.14. The molecule has 0 spiro atoms.